The Hall–Kier alpha value is -3.27. The molecule has 0 bridgehead atoms. The molecule has 0 aliphatic carbocycles. The van der Waals surface area contributed by atoms with Gasteiger partial charge >= 0.3 is 0 Å². The SMILES string of the molecule is COc1ccc(Br)cc1CCc1c(F)cccc1C(=O)NC(=N)NCCC/C=[N+]1\CCC[C@H]1C(N)=O. The van der Waals surface area contributed by atoms with Gasteiger partial charge in [-0.05, 0) is 55.2 Å². The molecule has 0 saturated carbocycles. The van der Waals surface area contributed by atoms with Gasteiger partial charge in [0, 0.05) is 41.4 Å². The molecule has 1 aliphatic rings. The first kappa shape index (κ1) is 27.3. The van der Waals surface area contributed by atoms with Gasteiger partial charge in [-0.3, -0.25) is 20.3 Å². The molecule has 8 nitrogen and oxygen atoms in total. The van der Waals surface area contributed by atoms with E-state index in [-0.39, 0.29) is 29.0 Å². The number of rotatable bonds is 10. The molecule has 1 heterocycles. The maximum absolute atomic E-state index is 14.7. The molecule has 2 amide bonds. The molecule has 1 aliphatic heterocycles. The van der Waals surface area contributed by atoms with E-state index in [1.807, 2.05) is 29.0 Å². The minimum Gasteiger partial charge on any atom is -0.496 e. The fraction of sp³-hybridized carbons (Fsp3) is 0.385. The predicted octanol–water partition coefficient (Wildman–Crippen LogP) is 3.15. The van der Waals surface area contributed by atoms with E-state index in [0.29, 0.717) is 38.0 Å². The molecule has 0 spiro atoms. The van der Waals surface area contributed by atoms with Gasteiger partial charge in [0.15, 0.2) is 5.96 Å². The van der Waals surface area contributed by atoms with Gasteiger partial charge in [0.25, 0.3) is 11.8 Å². The lowest BCUT2D eigenvalue weighted by atomic mass is 9.98. The van der Waals surface area contributed by atoms with E-state index in [4.69, 9.17) is 15.9 Å². The van der Waals surface area contributed by atoms with Gasteiger partial charge in [0.05, 0.1) is 7.11 Å². The first-order chi connectivity index (χ1) is 17.3. The van der Waals surface area contributed by atoms with Crippen LogP contribution in [0.25, 0.3) is 0 Å². The molecule has 2 aromatic rings. The minimum absolute atomic E-state index is 0.153. The van der Waals surface area contributed by atoms with Crippen LogP contribution in [0.4, 0.5) is 4.39 Å². The van der Waals surface area contributed by atoms with E-state index in [9.17, 15) is 14.0 Å². The van der Waals surface area contributed by atoms with Crippen molar-refractivity contribution < 1.29 is 23.3 Å². The van der Waals surface area contributed by atoms with Crippen molar-refractivity contribution in [3.63, 3.8) is 0 Å². The summed E-state index contributed by atoms with van der Waals surface area (Å²) < 4.78 is 22.9. The Labute approximate surface area is 218 Å². The molecule has 0 unspecified atom stereocenters. The number of nitrogens with one attached hydrogen (secondary N) is 3. The van der Waals surface area contributed by atoms with Crippen LogP contribution >= 0.6 is 15.9 Å². The number of guanidine groups is 1. The lowest BCUT2D eigenvalue weighted by Gasteiger charge is -2.14. The van der Waals surface area contributed by atoms with Crippen molar-refractivity contribution in [3.05, 3.63) is 63.4 Å². The van der Waals surface area contributed by atoms with Crippen LogP contribution in [0.3, 0.4) is 0 Å². The number of aryl methyl sites for hydroxylation is 1. The molecular weight excluding hydrogens is 529 g/mol. The number of methoxy groups -OCH3 is 1. The zero-order valence-electron chi connectivity index (χ0n) is 20.3. The second-order valence-corrected chi connectivity index (χ2v) is 9.52. The van der Waals surface area contributed by atoms with E-state index in [1.165, 1.54) is 12.1 Å². The number of carbonyl (C=O) groups is 2. The number of carbonyl (C=O) groups excluding carboxylic acids is 2. The maximum Gasteiger partial charge on any atom is 0.286 e. The molecule has 36 heavy (non-hydrogen) atoms. The second kappa shape index (κ2) is 13.2. The number of hydrogen-bond acceptors (Lipinski definition) is 4. The molecule has 0 aromatic heterocycles. The van der Waals surface area contributed by atoms with E-state index in [2.05, 4.69) is 26.6 Å². The number of primary amides is 1. The standard InChI is InChI=1S/C26H31BrFN5O3/c1-36-23-12-10-18(27)16-17(23)9-11-19-20(6-4-7-21(19)28)25(35)32-26(30)31-13-2-3-14-33-15-5-8-22(33)24(29)34/h4,6-7,10,12,14,16,22H,2-3,5,8-9,11,13,15H2,1H3,(H4-,29,30,31,32,34,35)/p+1/b33-14+/t22-/m0/s1. The molecule has 1 saturated heterocycles. The molecule has 3 rings (SSSR count). The van der Waals surface area contributed by atoms with Crippen LogP contribution in [0.15, 0.2) is 40.9 Å². The van der Waals surface area contributed by atoms with Crippen molar-refractivity contribution in [2.45, 2.75) is 44.6 Å². The number of ether oxygens (including phenoxy) is 1. The Morgan fingerprint density at radius 3 is 2.86 bits per heavy atom. The molecule has 2 aromatic carbocycles. The van der Waals surface area contributed by atoms with Crippen LogP contribution in [0.5, 0.6) is 5.75 Å². The summed E-state index contributed by atoms with van der Waals surface area (Å²) in [6, 6.07) is 9.74. The first-order valence-corrected chi connectivity index (χ1v) is 12.7. The topological polar surface area (TPSA) is 120 Å². The van der Waals surface area contributed by atoms with Crippen LogP contribution in [0.1, 0.15) is 47.2 Å². The smallest absolute Gasteiger partial charge is 0.286 e. The number of unbranched alkanes of at least 4 members (excludes halogenated alkanes) is 1. The Kier molecular flexibility index (Phi) is 9.98. The fourth-order valence-electron chi connectivity index (χ4n) is 4.34. The lowest BCUT2D eigenvalue weighted by molar-refractivity contribution is -0.527. The molecule has 1 atom stereocenters. The first-order valence-electron chi connectivity index (χ1n) is 11.9. The quantitative estimate of drug-likeness (QED) is 0.154. The third kappa shape index (κ3) is 7.36. The average molecular weight is 561 g/mol. The third-order valence-electron chi connectivity index (χ3n) is 6.16. The highest BCUT2D eigenvalue weighted by molar-refractivity contribution is 9.10. The number of hydrogen-bond donors (Lipinski definition) is 4. The van der Waals surface area contributed by atoms with Crippen LogP contribution in [0, 0.1) is 11.2 Å². The zero-order valence-corrected chi connectivity index (χ0v) is 21.9. The number of nitrogens with two attached hydrogens (primary N) is 1. The van der Waals surface area contributed by atoms with Gasteiger partial charge in [-0.15, -0.1) is 0 Å². The summed E-state index contributed by atoms with van der Waals surface area (Å²) in [5.41, 5.74) is 6.80. The number of halogens is 2. The summed E-state index contributed by atoms with van der Waals surface area (Å²) in [7, 11) is 1.58. The van der Waals surface area contributed by atoms with Gasteiger partial charge in [0.1, 0.15) is 24.3 Å². The van der Waals surface area contributed by atoms with Crippen molar-refractivity contribution in [2.75, 3.05) is 20.2 Å². The normalized spacial score (nSPS) is 16.1. The van der Waals surface area contributed by atoms with Gasteiger partial charge < -0.3 is 15.8 Å². The van der Waals surface area contributed by atoms with E-state index < -0.39 is 11.7 Å². The van der Waals surface area contributed by atoms with Crippen molar-refractivity contribution in [1.82, 2.24) is 10.6 Å². The number of nitrogens with zero attached hydrogens (tertiary/aromatic N) is 1. The Balaban J connectivity index is 1.53. The third-order valence-corrected chi connectivity index (χ3v) is 6.65. The number of amides is 2. The molecule has 1 fully saturated rings. The van der Waals surface area contributed by atoms with Crippen molar-refractivity contribution in [3.8, 4) is 5.75 Å². The molecule has 5 N–H and O–H groups in total. The minimum atomic E-state index is -0.545. The summed E-state index contributed by atoms with van der Waals surface area (Å²) in [5, 5.41) is 13.4. The Morgan fingerprint density at radius 2 is 2.11 bits per heavy atom. The van der Waals surface area contributed by atoms with Crippen molar-refractivity contribution in [1.29, 1.82) is 5.41 Å². The largest absolute Gasteiger partial charge is 0.496 e. The van der Waals surface area contributed by atoms with Gasteiger partial charge in [-0.2, -0.15) is 0 Å². The average Bonchev–Trinajstić information content (AvgIpc) is 3.32. The van der Waals surface area contributed by atoms with E-state index in [0.717, 1.165) is 29.4 Å². The van der Waals surface area contributed by atoms with Gasteiger partial charge in [-0.25, -0.2) is 8.97 Å². The van der Waals surface area contributed by atoms with Crippen molar-refractivity contribution >= 4 is 39.9 Å². The summed E-state index contributed by atoms with van der Waals surface area (Å²) in [6.07, 6.45) is 5.89. The summed E-state index contributed by atoms with van der Waals surface area (Å²) in [5.74, 6) is -0.781. The molecule has 192 valence electrons. The number of benzene rings is 2. The highest BCUT2D eigenvalue weighted by Crippen LogP contribution is 2.25. The van der Waals surface area contributed by atoms with E-state index >= 15 is 0 Å². The lowest BCUT2D eigenvalue weighted by Crippen LogP contribution is -2.41. The summed E-state index contributed by atoms with van der Waals surface area (Å²) >= 11 is 3.44. The van der Waals surface area contributed by atoms with Crippen LogP contribution in [0.2, 0.25) is 0 Å². The van der Waals surface area contributed by atoms with Crippen LogP contribution in [-0.4, -0.2) is 54.8 Å². The monoisotopic (exact) mass is 560 g/mol. The maximum atomic E-state index is 14.7. The molecule has 10 heteroatoms. The Morgan fingerprint density at radius 1 is 1.31 bits per heavy atom. The van der Waals surface area contributed by atoms with Crippen LogP contribution in [-0.2, 0) is 17.6 Å². The zero-order chi connectivity index (χ0) is 26.1. The summed E-state index contributed by atoms with van der Waals surface area (Å²) in [6.45, 7) is 1.28. The van der Waals surface area contributed by atoms with Gasteiger partial charge in [-0.1, -0.05) is 22.0 Å². The van der Waals surface area contributed by atoms with Crippen molar-refractivity contribution in [2.24, 2.45) is 5.73 Å². The summed E-state index contributed by atoms with van der Waals surface area (Å²) in [4.78, 5) is 24.3. The molecular formula is C26H32BrFN5O3+. The second-order valence-electron chi connectivity index (χ2n) is 8.60. The predicted molar refractivity (Wildman–Crippen MR) is 140 cm³/mol. The molecule has 0 radical (unpaired) electrons. The fourth-order valence-corrected chi connectivity index (χ4v) is 4.75. The van der Waals surface area contributed by atoms with Gasteiger partial charge in [0.2, 0.25) is 6.04 Å². The Bertz CT molecular complexity index is 1150. The van der Waals surface area contributed by atoms with Crippen LogP contribution < -0.4 is 21.1 Å². The highest BCUT2D eigenvalue weighted by Gasteiger charge is 2.32. The van der Waals surface area contributed by atoms with E-state index in [1.54, 1.807) is 13.2 Å². The highest BCUT2D eigenvalue weighted by atomic mass is 79.9.